The van der Waals surface area contributed by atoms with Crippen LogP contribution in [0.4, 0.5) is 22.0 Å². The molecule has 0 atom stereocenters. The zero-order valence-corrected chi connectivity index (χ0v) is 19.5. The molecule has 3 aromatic rings. The summed E-state index contributed by atoms with van der Waals surface area (Å²) in [6, 6.07) is 4.72. The van der Waals surface area contributed by atoms with Crippen LogP contribution in [0.15, 0.2) is 28.7 Å². The highest BCUT2D eigenvalue weighted by Gasteiger charge is 2.39. The Kier molecular flexibility index (Phi) is 6.36. The third kappa shape index (κ3) is 4.22. The molecular weight excluding hydrogens is 447 g/mol. The third-order valence-corrected chi connectivity index (χ3v) is 8.46. The van der Waals surface area contributed by atoms with Crippen LogP contribution in [-0.4, -0.2) is 0 Å². The van der Waals surface area contributed by atoms with E-state index < -0.39 is 29.0 Å². The van der Waals surface area contributed by atoms with Crippen molar-refractivity contribution in [3.63, 3.8) is 0 Å². The molecule has 0 aliphatic heterocycles. The minimum Gasteiger partial charge on any atom is -0.450 e. The lowest BCUT2D eigenvalue weighted by Crippen LogP contribution is -2.25. The van der Waals surface area contributed by atoms with Gasteiger partial charge in [0.25, 0.3) is 0 Å². The van der Waals surface area contributed by atoms with E-state index in [-0.39, 0.29) is 27.8 Å². The highest BCUT2D eigenvalue weighted by molar-refractivity contribution is 6.07. The number of rotatable bonds is 4. The first kappa shape index (κ1) is 23.6. The van der Waals surface area contributed by atoms with Gasteiger partial charge in [0.15, 0.2) is 22.8 Å². The molecule has 2 fully saturated rings. The molecule has 6 heteroatoms. The first-order valence-electron chi connectivity index (χ1n) is 12.7. The third-order valence-electron chi connectivity index (χ3n) is 8.46. The predicted octanol–water partition coefficient (Wildman–Crippen LogP) is 9.76. The van der Waals surface area contributed by atoms with Crippen molar-refractivity contribution >= 4 is 21.9 Å². The summed E-state index contributed by atoms with van der Waals surface area (Å²) in [4.78, 5) is 0. The molecule has 1 heterocycles. The summed E-state index contributed by atoms with van der Waals surface area (Å²) in [6.45, 7) is 2.23. The van der Waals surface area contributed by atoms with Gasteiger partial charge in [-0.1, -0.05) is 44.7 Å². The van der Waals surface area contributed by atoms with Gasteiger partial charge in [-0.3, -0.25) is 0 Å². The number of hydrogen-bond acceptors (Lipinski definition) is 1. The van der Waals surface area contributed by atoms with E-state index >= 15 is 4.39 Å². The summed E-state index contributed by atoms with van der Waals surface area (Å²) in [7, 11) is 0. The van der Waals surface area contributed by atoms with Gasteiger partial charge in [0.1, 0.15) is 0 Å². The number of furan rings is 1. The van der Waals surface area contributed by atoms with Crippen molar-refractivity contribution in [2.45, 2.75) is 83.2 Å². The first-order chi connectivity index (χ1) is 16.3. The maximum Gasteiger partial charge on any atom is 0.417 e. The van der Waals surface area contributed by atoms with Crippen molar-refractivity contribution in [3.8, 4) is 0 Å². The van der Waals surface area contributed by atoms with E-state index in [0.717, 1.165) is 30.9 Å². The van der Waals surface area contributed by atoms with Crippen LogP contribution >= 0.6 is 0 Å². The summed E-state index contributed by atoms with van der Waals surface area (Å²) >= 11 is 0. The Bertz CT molecular complexity index is 1160. The zero-order valence-electron chi connectivity index (χ0n) is 19.5. The molecule has 184 valence electrons. The van der Waals surface area contributed by atoms with Crippen molar-refractivity contribution in [1.82, 2.24) is 0 Å². The molecule has 2 saturated carbocycles. The second-order valence-electron chi connectivity index (χ2n) is 10.4. The highest BCUT2D eigenvalue weighted by atomic mass is 19.4. The van der Waals surface area contributed by atoms with Gasteiger partial charge in [-0.2, -0.15) is 13.2 Å². The second-order valence-corrected chi connectivity index (χ2v) is 10.4. The summed E-state index contributed by atoms with van der Waals surface area (Å²) in [5.74, 6) is 0.252. The Balaban J connectivity index is 1.42. The van der Waals surface area contributed by atoms with Crippen LogP contribution in [0, 0.1) is 29.4 Å². The normalized spacial score (nSPS) is 26.4. The van der Waals surface area contributed by atoms with Crippen molar-refractivity contribution < 1.29 is 26.4 Å². The number of alkyl halides is 3. The van der Waals surface area contributed by atoms with Crippen LogP contribution in [0.2, 0.25) is 0 Å². The molecule has 0 saturated heterocycles. The predicted molar refractivity (Wildman–Crippen MR) is 124 cm³/mol. The van der Waals surface area contributed by atoms with E-state index in [2.05, 4.69) is 6.92 Å². The molecule has 0 N–H and O–H groups in total. The average Bonchev–Trinajstić information content (AvgIpc) is 3.21. The number of hydrogen-bond donors (Lipinski definition) is 0. The monoisotopic (exact) mass is 478 g/mol. The molecule has 1 nitrogen and oxygen atoms in total. The summed E-state index contributed by atoms with van der Waals surface area (Å²) < 4.78 is 77.3. The van der Waals surface area contributed by atoms with Gasteiger partial charge < -0.3 is 4.42 Å². The van der Waals surface area contributed by atoms with Crippen LogP contribution in [-0.2, 0) is 6.18 Å². The molecule has 0 radical (unpaired) electrons. The molecule has 34 heavy (non-hydrogen) atoms. The van der Waals surface area contributed by atoms with Gasteiger partial charge in [-0.15, -0.1) is 0 Å². The second kappa shape index (κ2) is 9.16. The topological polar surface area (TPSA) is 13.1 Å². The van der Waals surface area contributed by atoms with Crippen molar-refractivity contribution in [1.29, 1.82) is 0 Å². The summed E-state index contributed by atoms with van der Waals surface area (Å²) in [6.07, 6.45) is 6.06. The Labute approximate surface area is 196 Å². The average molecular weight is 479 g/mol. The minimum absolute atomic E-state index is 0.0461. The summed E-state index contributed by atoms with van der Waals surface area (Å²) in [5.41, 5.74) is -1.70. The maximum atomic E-state index is 15.6. The Morgan fingerprint density at radius 2 is 1.53 bits per heavy atom. The SMILES string of the molecule is CCCC1CCC(C2CCC(c3cc(C(F)(F)F)c4c(oc5c(F)cccc54)c3F)CC2)CC1. The lowest BCUT2D eigenvalue weighted by atomic mass is 9.68. The molecule has 0 bridgehead atoms. The van der Waals surface area contributed by atoms with Crippen molar-refractivity contribution in [2.75, 3.05) is 0 Å². The molecule has 0 spiro atoms. The van der Waals surface area contributed by atoms with Gasteiger partial charge in [-0.05, 0) is 79.9 Å². The van der Waals surface area contributed by atoms with E-state index in [1.165, 1.54) is 50.7 Å². The van der Waals surface area contributed by atoms with Gasteiger partial charge in [0.2, 0.25) is 0 Å². The van der Waals surface area contributed by atoms with E-state index in [1.54, 1.807) is 0 Å². The quantitative estimate of drug-likeness (QED) is 0.340. The fraction of sp³-hybridized carbons (Fsp3) is 0.571. The Morgan fingerprint density at radius 1 is 0.882 bits per heavy atom. The molecule has 1 aromatic heterocycles. The molecule has 2 aromatic carbocycles. The lowest BCUT2D eigenvalue weighted by molar-refractivity contribution is -0.136. The first-order valence-corrected chi connectivity index (χ1v) is 12.7. The number of fused-ring (bicyclic) bond motifs is 3. The standard InChI is InChI=1S/C28H31F5O/c1-2-4-16-7-9-17(10-8-16)18-11-13-19(14-12-18)21-15-22(28(31,32)33)24-20-5-3-6-23(29)26(20)34-27(24)25(21)30/h3,5-6,15-19H,2,4,7-14H2,1H3. The van der Waals surface area contributed by atoms with Gasteiger partial charge >= 0.3 is 6.18 Å². The zero-order chi connectivity index (χ0) is 24.0. The van der Waals surface area contributed by atoms with Crippen LogP contribution in [0.25, 0.3) is 21.9 Å². The largest absolute Gasteiger partial charge is 0.450 e. The number of halogens is 5. The van der Waals surface area contributed by atoms with Gasteiger partial charge in [-0.25, -0.2) is 8.78 Å². The molecule has 0 amide bonds. The van der Waals surface area contributed by atoms with E-state index in [0.29, 0.717) is 24.7 Å². The molecule has 5 rings (SSSR count). The van der Waals surface area contributed by atoms with E-state index in [9.17, 15) is 17.6 Å². The fourth-order valence-electron chi connectivity index (χ4n) is 6.71. The smallest absolute Gasteiger partial charge is 0.417 e. The molecular formula is C28H31F5O. The molecule has 2 aliphatic rings. The van der Waals surface area contributed by atoms with E-state index in [4.69, 9.17) is 4.42 Å². The van der Waals surface area contributed by atoms with Gasteiger partial charge in [0, 0.05) is 10.8 Å². The van der Waals surface area contributed by atoms with Crippen LogP contribution in [0.1, 0.15) is 88.2 Å². The van der Waals surface area contributed by atoms with E-state index in [1.807, 2.05) is 0 Å². The number of benzene rings is 2. The maximum absolute atomic E-state index is 15.6. The lowest BCUT2D eigenvalue weighted by Gasteiger charge is -2.38. The minimum atomic E-state index is -4.70. The summed E-state index contributed by atoms with van der Waals surface area (Å²) in [5, 5.41) is -0.434. The van der Waals surface area contributed by atoms with Gasteiger partial charge in [0.05, 0.1) is 5.56 Å². The van der Waals surface area contributed by atoms with Crippen molar-refractivity contribution in [3.05, 3.63) is 47.0 Å². The van der Waals surface area contributed by atoms with Crippen LogP contribution in [0.5, 0.6) is 0 Å². The Hall–Kier alpha value is -2.11. The fourth-order valence-corrected chi connectivity index (χ4v) is 6.71. The van der Waals surface area contributed by atoms with Crippen LogP contribution < -0.4 is 0 Å². The Morgan fingerprint density at radius 3 is 2.15 bits per heavy atom. The van der Waals surface area contributed by atoms with Crippen molar-refractivity contribution in [2.24, 2.45) is 17.8 Å². The highest BCUT2D eigenvalue weighted by Crippen LogP contribution is 2.48. The number of para-hydroxylation sites is 1. The molecule has 2 aliphatic carbocycles. The van der Waals surface area contributed by atoms with Crippen LogP contribution in [0.3, 0.4) is 0 Å². The molecule has 0 unspecified atom stereocenters.